The summed E-state index contributed by atoms with van der Waals surface area (Å²) in [5, 5.41) is 0. The van der Waals surface area contributed by atoms with Crippen LogP contribution in [0.2, 0.25) is 0 Å². The average molecular weight is 1010 g/mol. The number of nitrogens with zero attached hydrogens (tertiary/aromatic N) is 3. The highest BCUT2D eigenvalue weighted by Gasteiger charge is 2.53. The third-order valence-electron chi connectivity index (χ3n) is 13.7. The van der Waals surface area contributed by atoms with Crippen LogP contribution in [0.5, 0.6) is 0 Å². The van der Waals surface area contributed by atoms with E-state index in [1.165, 1.54) is 20.1 Å². The first-order valence-corrected chi connectivity index (χ1v) is 24.3. The van der Waals surface area contributed by atoms with Crippen LogP contribution in [0.3, 0.4) is 0 Å². The molecule has 2 N–H and O–H groups in total. The van der Waals surface area contributed by atoms with E-state index in [9.17, 15) is 28.8 Å². The van der Waals surface area contributed by atoms with Gasteiger partial charge in [0.1, 0.15) is 12.7 Å². The zero-order chi connectivity index (χ0) is 53.2. The Morgan fingerprint density at radius 3 is 1.97 bits per heavy atom. The van der Waals surface area contributed by atoms with Crippen molar-refractivity contribution in [1.29, 1.82) is 0 Å². The van der Waals surface area contributed by atoms with E-state index in [1.807, 2.05) is 45.9 Å². The number of rotatable bonds is 16. The molecule has 0 spiro atoms. The minimum atomic E-state index is -1.44. The van der Waals surface area contributed by atoms with Crippen LogP contribution in [0.15, 0.2) is 42.5 Å². The molecule has 7 atom stereocenters. The minimum absolute atomic E-state index is 0.0710. The number of aromatic nitrogens is 4. The molecule has 0 aliphatic carbocycles. The SMILES string of the molecule is C=C(/C=C/CO[C@@H]1O[C@H](COC(C)=O)[C@H](OC(C)=O)[C@H](OC(C)=O)[C@H]1OC(C)=O)CN1C(=O)c2c3[nH]c(cc4nc(cc5nc(cc6[nH]c2c(c6C)C1=O)C(CC)=C5C)C(CC)=C4C)[C@@H](C)[C@@H]3CCC(=O)OC. The van der Waals surface area contributed by atoms with Crippen LogP contribution >= 0.6 is 0 Å². The lowest BCUT2D eigenvalue weighted by atomic mass is 9.84. The van der Waals surface area contributed by atoms with Gasteiger partial charge in [-0.3, -0.25) is 38.5 Å². The Labute approximate surface area is 423 Å². The Morgan fingerprint density at radius 2 is 1.37 bits per heavy atom. The summed E-state index contributed by atoms with van der Waals surface area (Å²) < 4.78 is 38.8. The Balaban J connectivity index is 1.28. The van der Waals surface area contributed by atoms with Gasteiger partial charge in [0.05, 0.1) is 59.7 Å². The van der Waals surface area contributed by atoms with Crippen molar-refractivity contribution in [3.63, 3.8) is 0 Å². The molecule has 0 unspecified atom stereocenters. The second kappa shape index (κ2) is 22.3. The number of fused-ring (bicyclic) bond motifs is 8. The Morgan fingerprint density at radius 1 is 0.781 bits per heavy atom. The Hall–Kier alpha value is -7.25. The fourth-order valence-electron chi connectivity index (χ4n) is 10.1. The number of methoxy groups -OCH3 is 1. The van der Waals surface area contributed by atoms with Gasteiger partial charge in [-0.25, -0.2) is 9.97 Å². The van der Waals surface area contributed by atoms with Gasteiger partial charge in [0, 0.05) is 62.9 Å². The van der Waals surface area contributed by atoms with E-state index >= 15 is 4.79 Å². The van der Waals surface area contributed by atoms with Gasteiger partial charge in [0.15, 0.2) is 24.6 Å². The number of allylic oxidation sites excluding steroid dienone is 4. The molecule has 2 aromatic heterocycles. The molecule has 0 saturated carbocycles. The summed E-state index contributed by atoms with van der Waals surface area (Å²) in [4.78, 5) is 110. The summed E-state index contributed by atoms with van der Waals surface area (Å²) in [6.07, 6.45) is -1.98. The number of esters is 5. The number of ether oxygens (including phenoxy) is 7. The van der Waals surface area contributed by atoms with Crippen molar-refractivity contribution in [3.8, 4) is 0 Å². The molecule has 5 aliphatic heterocycles. The first-order valence-electron chi connectivity index (χ1n) is 24.3. The van der Waals surface area contributed by atoms with Gasteiger partial charge in [-0.05, 0) is 91.7 Å². The molecule has 19 nitrogen and oxygen atoms in total. The van der Waals surface area contributed by atoms with E-state index in [2.05, 4.69) is 30.4 Å². The largest absolute Gasteiger partial charge is 0.469 e. The van der Waals surface area contributed by atoms with E-state index in [-0.39, 0.29) is 31.1 Å². The van der Waals surface area contributed by atoms with Crippen molar-refractivity contribution in [2.45, 2.75) is 137 Å². The minimum Gasteiger partial charge on any atom is -0.469 e. The predicted octanol–water partition coefficient (Wildman–Crippen LogP) is 7.68. The van der Waals surface area contributed by atoms with E-state index in [4.69, 9.17) is 43.1 Å². The number of imide groups is 1. The molecule has 7 heterocycles. The molecule has 2 aromatic rings. The number of carbonyl (C=O) groups is 7. The quantitative estimate of drug-likeness (QED) is 0.0709. The summed E-state index contributed by atoms with van der Waals surface area (Å²) in [7, 11) is 1.33. The first-order chi connectivity index (χ1) is 34.7. The molecule has 2 amide bonds. The Kier molecular flexibility index (Phi) is 16.3. The van der Waals surface area contributed by atoms with Crippen LogP contribution in [0.1, 0.15) is 160 Å². The van der Waals surface area contributed by atoms with Crippen molar-refractivity contribution < 1.29 is 66.7 Å². The van der Waals surface area contributed by atoms with Crippen LogP contribution in [0.25, 0.3) is 33.3 Å². The maximum Gasteiger partial charge on any atom is 0.305 e. The normalized spacial score (nSPS) is 22.1. The molecule has 388 valence electrons. The van der Waals surface area contributed by atoms with E-state index in [1.54, 1.807) is 6.08 Å². The molecule has 19 heteroatoms. The number of H-pyrrole nitrogens is 2. The van der Waals surface area contributed by atoms with E-state index in [0.717, 1.165) is 82.9 Å². The van der Waals surface area contributed by atoms with Gasteiger partial charge < -0.3 is 43.1 Å². The monoisotopic (exact) mass is 1010 g/mol. The van der Waals surface area contributed by atoms with Gasteiger partial charge >= 0.3 is 29.8 Å². The number of carbonyl (C=O) groups excluding carboxylic acids is 7. The molecule has 1 saturated heterocycles. The average Bonchev–Trinajstić information content (AvgIpc) is 4.01. The lowest BCUT2D eigenvalue weighted by molar-refractivity contribution is -0.305. The summed E-state index contributed by atoms with van der Waals surface area (Å²) >= 11 is 0. The molecule has 73 heavy (non-hydrogen) atoms. The molecule has 0 radical (unpaired) electrons. The highest BCUT2D eigenvalue weighted by atomic mass is 16.7. The van der Waals surface area contributed by atoms with Crippen LogP contribution in [0.4, 0.5) is 0 Å². The highest BCUT2D eigenvalue weighted by molar-refractivity contribution is 6.23. The number of aromatic amines is 2. The van der Waals surface area contributed by atoms with Gasteiger partial charge in [0.2, 0.25) is 0 Å². The van der Waals surface area contributed by atoms with Crippen LogP contribution in [-0.4, -0.2) is 124 Å². The van der Waals surface area contributed by atoms with Crippen molar-refractivity contribution in [3.05, 3.63) is 93.4 Å². The standard InChI is InChI=1S/C54H63N5O14/c1-13-34-26(4)37-20-39-28(6)36(17-18-44(64)67-12)47(57-39)46-48-45(29(7)40(58-48)22-42-35(14-2)27(5)38(56-42)21-41(34)55-37)52(65)59(53(46)66)23-25(3)16-15-19-68-54-51(72-33(11)63)50(71-32(10)62)49(70-31(9)61)43(73-54)24-69-30(8)60/h15-16,20-22,28,36,43,49-51,54,57-58H,3,13-14,17-19,23-24H2,1-2,4-12H3/b16-15+,39-20?,41-21?,42-22?,47-46?/t28-,36-,43+,49-,50-,51+,54+/m0/s1. The van der Waals surface area contributed by atoms with Gasteiger partial charge in [-0.2, -0.15) is 0 Å². The molecule has 8 bridgehead atoms. The summed E-state index contributed by atoms with van der Waals surface area (Å²) in [6.45, 7) is 19.9. The van der Waals surface area contributed by atoms with E-state index < -0.39 is 84.9 Å². The Bertz CT molecular complexity index is 2960. The molecule has 5 aliphatic rings. The van der Waals surface area contributed by atoms with Crippen LogP contribution in [0, 0.1) is 6.92 Å². The van der Waals surface area contributed by atoms with Crippen molar-refractivity contribution >= 4 is 75.0 Å². The smallest absolute Gasteiger partial charge is 0.305 e. The van der Waals surface area contributed by atoms with Crippen molar-refractivity contribution in [2.75, 3.05) is 26.9 Å². The third-order valence-corrected chi connectivity index (χ3v) is 13.7. The summed E-state index contributed by atoms with van der Waals surface area (Å²) in [6, 6.07) is 5.96. The van der Waals surface area contributed by atoms with Crippen LogP contribution in [-0.2, 0) is 57.1 Å². The second-order valence-corrected chi connectivity index (χ2v) is 18.6. The number of aryl methyl sites for hydroxylation is 1. The molecule has 1 fully saturated rings. The fourth-order valence-corrected chi connectivity index (χ4v) is 10.1. The first kappa shape index (κ1) is 53.5. The van der Waals surface area contributed by atoms with Gasteiger partial charge in [-0.1, -0.05) is 39.5 Å². The zero-order valence-electron chi connectivity index (χ0n) is 43.1. The number of amides is 2. The van der Waals surface area contributed by atoms with Crippen molar-refractivity contribution in [2.24, 2.45) is 0 Å². The molecule has 7 rings (SSSR count). The predicted molar refractivity (Wildman–Crippen MR) is 267 cm³/mol. The van der Waals surface area contributed by atoms with Gasteiger partial charge in [-0.15, -0.1) is 0 Å². The lowest BCUT2D eigenvalue weighted by Crippen LogP contribution is -2.62. The fraction of sp³-hybridized carbons (Fsp3) is 0.463. The van der Waals surface area contributed by atoms with Gasteiger partial charge in [0.25, 0.3) is 11.8 Å². The van der Waals surface area contributed by atoms with Crippen molar-refractivity contribution in [1.82, 2.24) is 24.8 Å². The number of nitrogens with one attached hydrogen (secondary N) is 2. The lowest BCUT2D eigenvalue weighted by Gasteiger charge is -2.43. The maximum absolute atomic E-state index is 15.2. The zero-order valence-corrected chi connectivity index (χ0v) is 43.1. The number of hydrogen-bond donors (Lipinski definition) is 2. The third kappa shape index (κ3) is 11.1. The molecule has 0 aromatic carbocycles. The number of hydrogen-bond acceptors (Lipinski definition) is 16. The topological polar surface area (TPSA) is 245 Å². The summed E-state index contributed by atoms with van der Waals surface area (Å²) in [5.41, 5.74) is 11.0. The second-order valence-electron chi connectivity index (χ2n) is 18.6. The molecular weight excluding hydrogens is 943 g/mol. The molecular formula is C54H63N5O14. The van der Waals surface area contributed by atoms with E-state index in [0.29, 0.717) is 46.3 Å². The van der Waals surface area contributed by atoms with Crippen LogP contribution < -0.4 is 0 Å². The summed E-state index contributed by atoms with van der Waals surface area (Å²) in [5.74, 6) is -5.20. The highest BCUT2D eigenvalue weighted by Crippen LogP contribution is 2.45. The maximum atomic E-state index is 15.2.